The van der Waals surface area contributed by atoms with Crippen molar-refractivity contribution in [1.29, 1.82) is 0 Å². The van der Waals surface area contributed by atoms with Crippen LogP contribution < -0.4 is 4.74 Å². The Bertz CT molecular complexity index is 558. The largest absolute Gasteiger partial charge is 0.506 e. The summed E-state index contributed by atoms with van der Waals surface area (Å²) >= 11 is 11.4. The third kappa shape index (κ3) is 2.62. The van der Waals surface area contributed by atoms with Gasteiger partial charge in [0.25, 0.3) is 0 Å². The van der Waals surface area contributed by atoms with Crippen LogP contribution in [0.3, 0.4) is 0 Å². The molecule has 0 aromatic heterocycles. The van der Waals surface area contributed by atoms with Crippen molar-refractivity contribution in [3.05, 3.63) is 52.3 Å². The Balaban J connectivity index is 2.35. The molecule has 0 unspecified atom stereocenters. The van der Waals surface area contributed by atoms with Gasteiger partial charge in [-0.25, -0.2) is 4.39 Å². The highest BCUT2D eigenvalue weighted by molar-refractivity contribution is 6.33. The van der Waals surface area contributed by atoms with Crippen molar-refractivity contribution in [2.75, 3.05) is 0 Å². The lowest BCUT2D eigenvalue weighted by molar-refractivity contribution is 0.433. The van der Waals surface area contributed by atoms with Gasteiger partial charge in [-0.05, 0) is 30.3 Å². The van der Waals surface area contributed by atoms with Crippen LogP contribution in [0.15, 0.2) is 36.4 Å². The van der Waals surface area contributed by atoms with Crippen LogP contribution in [-0.2, 0) is 0 Å². The predicted molar refractivity (Wildman–Crippen MR) is 64.6 cm³/mol. The van der Waals surface area contributed by atoms with E-state index in [1.54, 1.807) is 6.07 Å². The zero-order valence-corrected chi connectivity index (χ0v) is 9.97. The molecule has 2 aromatic carbocycles. The lowest BCUT2D eigenvalue weighted by Gasteiger charge is -2.09. The Morgan fingerprint density at radius 3 is 2.53 bits per heavy atom. The van der Waals surface area contributed by atoms with Crippen molar-refractivity contribution in [2.45, 2.75) is 0 Å². The van der Waals surface area contributed by atoms with Crippen molar-refractivity contribution in [3.8, 4) is 17.2 Å². The fourth-order valence-electron chi connectivity index (χ4n) is 1.25. The number of benzene rings is 2. The summed E-state index contributed by atoms with van der Waals surface area (Å²) < 4.78 is 18.7. The molecule has 0 saturated carbocycles. The van der Waals surface area contributed by atoms with E-state index in [4.69, 9.17) is 27.9 Å². The summed E-state index contributed by atoms with van der Waals surface area (Å²) in [5.74, 6) is -0.565. The van der Waals surface area contributed by atoms with E-state index in [9.17, 15) is 9.50 Å². The zero-order chi connectivity index (χ0) is 12.4. The van der Waals surface area contributed by atoms with Crippen molar-refractivity contribution >= 4 is 23.2 Å². The lowest BCUT2D eigenvalue weighted by Crippen LogP contribution is -1.89. The number of phenolic OH excluding ortho intramolecular Hbond substituents is 1. The standard InChI is InChI=1S/C12H7Cl2FO2/c13-7-4-5-10(8(15)6-7)17-11-3-1-2-9(16)12(11)14/h1-6,16H. The average molecular weight is 273 g/mol. The molecular formula is C12H7Cl2FO2. The third-order valence-corrected chi connectivity index (χ3v) is 2.67. The molecule has 0 fully saturated rings. The Morgan fingerprint density at radius 2 is 1.82 bits per heavy atom. The normalized spacial score (nSPS) is 10.3. The van der Waals surface area contributed by atoms with Crippen LogP contribution in [0.2, 0.25) is 10.0 Å². The second-order valence-corrected chi connectivity index (χ2v) is 4.08. The first-order chi connectivity index (χ1) is 8.08. The maximum Gasteiger partial charge on any atom is 0.167 e. The van der Waals surface area contributed by atoms with E-state index in [0.29, 0.717) is 0 Å². The number of rotatable bonds is 2. The quantitative estimate of drug-likeness (QED) is 0.864. The molecule has 2 nitrogen and oxygen atoms in total. The number of hydrogen-bond acceptors (Lipinski definition) is 2. The molecule has 0 heterocycles. The minimum Gasteiger partial charge on any atom is -0.506 e. The molecule has 88 valence electrons. The molecule has 0 radical (unpaired) electrons. The summed E-state index contributed by atoms with van der Waals surface area (Å²) in [7, 11) is 0. The van der Waals surface area contributed by atoms with Gasteiger partial charge in [-0.3, -0.25) is 0 Å². The Labute approximate surface area is 107 Å². The van der Waals surface area contributed by atoms with Crippen molar-refractivity contribution in [1.82, 2.24) is 0 Å². The van der Waals surface area contributed by atoms with Crippen LogP contribution in [-0.4, -0.2) is 5.11 Å². The number of halogens is 3. The van der Waals surface area contributed by atoms with Crippen molar-refractivity contribution in [2.24, 2.45) is 0 Å². The van der Waals surface area contributed by atoms with Gasteiger partial charge in [0.1, 0.15) is 16.5 Å². The smallest absolute Gasteiger partial charge is 0.167 e. The minimum atomic E-state index is -0.600. The summed E-state index contributed by atoms with van der Waals surface area (Å²) in [5, 5.41) is 9.67. The van der Waals surface area contributed by atoms with Crippen LogP contribution in [0.1, 0.15) is 0 Å². The van der Waals surface area contributed by atoms with Gasteiger partial charge in [-0.1, -0.05) is 29.3 Å². The molecule has 0 amide bonds. The molecule has 0 aliphatic rings. The first-order valence-electron chi connectivity index (χ1n) is 4.68. The fraction of sp³-hybridized carbons (Fsp3) is 0. The van der Waals surface area contributed by atoms with E-state index in [2.05, 4.69) is 0 Å². The molecule has 2 aromatic rings. The van der Waals surface area contributed by atoms with E-state index < -0.39 is 5.82 Å². The first-order valence-corrected chi connectivity index (χ1v) is 5.44. The van der Waals surface area contributed by atoms with Gasteiger partial charge in [0.2, 0.25) is 0 Å². The number of ether oxygens (including phenoxy) is 1. The molecule has 2 rings (SSSR count). The monoisotopic (exact) mass is 272 g/mol. The number of phenols is 1. The Kier molecular flexibility index (Phi) is 3.41. The SMILES string of the molecule is Oc1cccc(Oc2ccc(Cl)cc2F)c1Cl. The van der Waals surface area contributed by atoms with E-state index in [-0.39, 0.29) is 27.3 Å². The summed E-state index contributed by atoms with van der Waals surface area (Å²) in [6.45, 7) is 0. The highest BCUT2D eigenvalue weighted by Crippen LogP contribution is 2.36. The topological polar surface area (TPSA) is 29.5 Å². The van der Waals surface area contributed by atoms with E-state index in [0.717, 1.165) is 6.07 Å². The van der Waals surface area contributed by atoms with Crippen molar-refractivity contribution < 1.29 is 14.2 Å². The maximum absolute atomic E-state index is 13.5. The molecule has 0 aliphatic heterocycles. The van der Waals surface area contributed by atoms with Gasteiger partial charge in [0.05, 0.1) is 0 Å². The van der Waals surface area contributed by atoms with Gasteiger partial charge in [-0.2, -0.15) is 0 Å². The van der Waals surface area contributed by atoms with Crippen LogP contribution >= 0.6 is 23.2 Å². The second-order valence-electron chi connectivity index (χ2n) is 3.27. The second kappa shape index (κ2) is 4.82. The van der Waals surface area contributed by atoms with Crippen LogP contribution in [0.5, 0.6) is 17.2 Å². The molecule has 0 saturated heterocycles. The van der Waals surface area contributed by atoms with Gasteiger partial charge >= 0.3 is 0 Å². The highest BCUT2D eigenvalue weighted by atomic mass is 35.5. The fourth-order valence-corrected chi connectivity index (χ4v) is 1.58. The van der Waals surface area contributed by atoms with E-state index >= 15 is 0 Å². The highest BCUT2D eigenvalue weighted by Gasteiger charge is 2.10. The molecule has 0 atom stereocenters. The minimum absolute atomic E-state index is 0.0121. The van der Waals surface area contributed by atoms with Crippen LogP contribution in [0, 0.1) is 5.82 Å². The molecule has 0 aliphatic carbocycles. The van der Waals surface area contributed by atoms with Gasteiger partial charge in [-0.15, -0.1) is 0 Å². The third-order valence-electron chi connectivity index (χ3n) is 2.06. The number of hydrogen-bond donors (Lipinski definition) is 1. The summed E-state index contributed by atoms with van der Waals surface area (Å²) in [5.41, 5.74) is 0. The van der Waals surface area contributed by atoms with E-state index in [1.165, 1.54) is 24.3 Å². The molecular weight excluding hydrogens is 266 g/mol. The van der Waals surface area contributed by atoms with Crippen molar-refractivity contribution in [3.63, 3.8) is 0 Å². The zero-order valence-electron chi connectivity index (χ0n) is 8.45. The summed E-state index contributed by atoms with van der Waals surface area (Å²) in [4.78, 5) is 0. The lowest BCUT2D eigenvalue weighted by atomic mass is 10.3. The Hall–Kier alpha value is -1.45. The molecule has 0 bridgehead atoms. The first kappa shape index (κ1) is 12.0. The Morgan fingerprint density at radius 1 is 1.06 bits per heavy atom. The summed E-state index contributed by atoms with van der Waals surface area (Å²) in [6, 6.07) is 8.50. The van der Waals surface area contributed by atoms with Crippen LogP contribution in [0.4, 0.5) is 4.39 Å². The molecule has 5 heteroatoms. The van der Waals surface area contributed by atoms with Crippen LogP contribution in [0.25, 0.3) is 0 Å². The average Bonchev–Trinajstić information content (AvgIpc) is 2.28. The van der Waals surface area contributed by atoms with Gasteiger partial charge in [0.15, 0.2) is 11.6 Å². The van der Waals surface area contributed by atoms with Gasteiger partial charge in [0, 0.05) is 5.02 Å². The van der Waals surface area contributed by atoms with E-state index in [1.807, 2.05) is 0 Å². The number of aromatic hydroxyl groups is 1. The van der Waals surface area contributed by atoms with Gasteiger partial charge < -0.3 is 9.84 Å². The summed E-state index contributed by atoms with van der Waals surface area (Å²) in [6.07, 6.45) is 0. The molecule has 1 N–H and O–H groups in total. The predicted octanol–water partition coefficient (Wildman–Crippen LogP) is 4.63. The molecule has 17 heavy (non-hydrogen) atoms. The maximum atomic E-state index is 13.5. The molecule has 0 spiro atoms.